The maximum Gasteiger partial charge on any atom is 0.311 e. The highest BCUT2D eigenvalue weighted by Crippen LogP contribution is 2.38. The molecule has 0 bridgehead atoms. The number of carboxylic acids is 1. The van der Waals surface area contributed by atoms with Crippen molar-refractivity contribution in [2.75, 3.05) is 19.7 Å². The molecule has 1 fully saturated rings. The van der Waals surface area contributed by atoms with Crippen molar-refractivity contribution in [1.82, 2.24) is 4.90 Å². The first-order valence-corrected chi connectivity index (χ1v) is 7.49. The lowest BCUT2D eigenvalue weighted by Crippen LogP contribution is -2.43. The van der Waals surface area contributed by atoms with E-state index in [0.717, 1.165) is 12.8 Å². The van der Waals surface area contributed by atoms with E-state index in [-0.39, 0.29) is 11.8 Å². The first-order chi connectivity index (χ1) is 9.35. The van der Waals surface area contributed by atoms with Crippen LogP contribution in [-0.4, -0.2) is 47.7 Å². The standard InChI is InChI=1S/C15H27NO4/c1-5-6-9-20-12(4)13(17)16-8-7-15(10-16,11(2)3)14(18)19/h11-12H,5-10H2,1-4H3,(H,18,19). The molecule has 20 heavy (non-hydrogen) atoms. The largest absolute Gasteiger partial charge is 0.481 e. The molecule has 116 valence electrons. The minimum atomic E-state index is -0.807. The van der Waals surface area contributed by atoms with E-state index in [0.29, 0.717) is 26.1 Å². The van der Waals surface area contributed by atoms with Gasteiger partial charge in [0.15, 0.2) is 0 Å². The Balaban J connectivity index is 2.62. The van der Waals surface area contributed by atoms with Crippen LogP contribution in [0, 0.1) is 11.3 Å². The summed E-state index contributed by atoms with van der Waals surface area (Å²) in [5.74, 6) is -0.888. The highest BCUT2D eigenvalue weighted by molar-refractivity contribution is 5.83. The van der Waals surface area contributed by atoms with Crippen molar-refractivity contribution in [1.29, 1.82) is 0 Å². The van der Waals surface area contributed by atoms with Crippen LogP contribution in [0.5, 0.6) is 0 Å². The molecule has 1 saturated heterocycles. The second kappa shape index (κ2) is 7.07. The summed E-state index contributed by atoms with van der Waals surface area (Å²) < 4.78 is 5.51. The van der Waals surface area contributed by atoms with E-state index in [2.05, 4.69) is 6.92 Å². The van der Waals surface area contributed by atoms with Crippen LogP contribution in [0.25, 0.3) is 0 Å². The van der Waals surface area contributed by atoms with Crippen LogP contribution in [0.3, 0.4) is 0 Å². The zero-order chi connectivity index (χ0) is 15.3. The van der Waals surface area contributed by atoms with Crippen molar-refractivity contribution >= 4 is 11.9 Å². The molecule has 0 saturated carbocycles. The van der Waals surface area contributed by atoms with Crippen LogP contribution in [0.4, 0.5) is 0 Å². The summed E-state index contributed by atoms with van der Waals surface area (Å²) in [6.45, 7) is 9.00. The predicted molar refractivity (Wildman–Crippen MR) is 76.4 cm³/mol. The third-order valence-electron chi connectivity index (χ3n) is 4.36. The van der Waals surface area contributed by atoms with Gasteiger partial charge < -0.3 is 14.7 Å². The van der Waals surface area contributed by atoms with Crippen molar-refractivity contribution in [3.8, 4) is 0 Å². The Labute approximate surface area is 121 Å². The molecule has 1 heterocycles. The SMILES string of the molecule is CCCCOC(C)C(=O)N1CCC(C(=O)O)(C(C)C)C1. The van der Waals surface area contributed by atoms with Gasteiger partial charge in [-0.2, -0.15) is 0 Å². The summed E-state index contributed by atoms with van der Waals surface area (Å²) in [6, 6.07) is 0. The number of carbonyl (C=O) groups is 2. The first kappa shape index (κ1) is 17.0. The third kappa shape index (κ3) is 3.51. The molecule has 0 aromatic heterocycles. The van der Waals surface area contributed by atoms with Crippen molar-refractivity contribution in [3.05, 3.63) is 0 Å². The van der Waals surface area contributed by atoms with Crippen LogP contribution in [0.2, 0.25) is 0 Å². The fourth-order valence-corrected chi connectivity index (χ4v) is 2.65. The number of hydrogen-bond acceptors (Lipinski definition) is 3. The summed E-state index contributed by atoms with van der Waals surface area (Å²) in [6.07, 6.45) is 1.99. The van der Waals surface area contributed by atoms with Gasteiger partial charge in [0.05, 0.1) is 5.41 Å². The smallest absolute Gasteiger partial charge is 0.311 e. The van der Waals surface area contributed by atoms with Gasteiger partial charge in [-0.15, -0.1) is 0 Å². The fourth-order valence-electron chi connectivity index (χ4n) is 2.65. The molecule has 1 amide bonds. The Kier molecular flexibility index (Phi) is 5.99. The van der Waals surface area contributed by atoms with Gasteiger partial charge in [-0.3, -0.25) is 9.59 Å². The lowest BCUT2D eigenvalue weighted by molar-refractivity contribution is -0.152. The third-order valence-corrected chi connectivity index (χ3v) is 4.36. The van der Waals surface area contributed by atoms with Gasteiger partial charge in [-0.05, 0) is 25.7 Å². The first-order valence-electron chi connectivity index (χ1n) is 7.49. The molecule has 0 aromatic rings. The molecule has 0 radical (unpaired) electrons. The van der Waals surface area contributed by atoms with E-state index in [1.807, 2.05) is 13.8 Å². The average Bonchev–Trinajstić information content (AvgIpc) is 2.84. The van der Waals surface area contributed by atoms with Gasteiger partial charge in [0.2, 0.25) is 0 Å². The predicted octanol–water partition coefficient (Wildman–Crippen LogP) is 2.15. The molecule has 0 aliphatic carbocycles. The normalized spacial score (nSPS) is 24.1. The zero-order valence-corrected chi connectivity index (χ0v) is 13.0. The van der Waals surface area contributed by atoms with Gasteiger partial charge in [-0.1, -0.05) is 27.2 Å². The van der Waals surface area contributed by atoms with Crippen molar-refractivity contribution < 1.29 is 19.4 Å². The number of rotatable bonds is 7. The van der Waals surface area contributed by atoms with E-state index in [1.54, 1.807) is 11.8 Å². The number of unbranched alkanes of at least 4 members (excludes halogenated alkanes) is 1. The second-order valence-electron chi connectivity index (χ2n) is 5.99. The Morgan fingerprint density at radius 3 is 2.45 bits per heavy atom. The lowest BCUT2D eigenvalue weighted by Gasteiger charge is -2.29. The average molecular weight is 285 g/mol. The second-order valence-corrected chi connectivity index (χ2v) is 5.99. The Hall–Kier alpha value is -1.10. The maximum atomic E-state index is 12.3. The highest BCUT2D eigenvalue weighted by atomic mass is 16.5. The fraction of sp³-hybridized carbons (Fsp3) is 0.867. The van der Waals surface area contributed by atoms with Crippen LogP contribution in [0.1, 0.15) is 47.0 Å². The monoisotopic (exact) mass is 285 g/mol. The van der Waals surface area contributed by atoms with Crippen molar-refractivity contribution in [2.24, 2.45) is 11.3 Å². The lowest BCUT2D eigenvalue weighted by atomic mass is 9.76. The number of amides is 1. The van der Waals surface area contributed by atoms with Gasteiger partial charge in [0.1, 0.15) is 6.10 Å². The number of likely N-dealkylation sites (tertiary alicyclic amines) is 1. The molecular formula is C15H27NO4. The van der Waals surface area contributed by atoms with Crippen LogP contribution in [0.15, 0.2) is 0 Å². The Bertz CT molecular complexity index is 356. The summed E-state index contributed by atoms with van der Waals surface area (Å²) in [5.41, 5.74) is -0.807. The number of carboxylic acid groups (broad SMARTS) is 1. The Morgan fingerprint density at radius 1 is 1.35 bits per heavy atom. The number of hydrogen-bond donors (Lipinski definition) is 1. The molecular weight excluding hydrogens is 258 g/mol. The van der Waals surface area contributed by atoms with Gasteiger partial charge in [0.25, 0.3) is 5.91 Å². The molecule has 0 aromatic carbocycles. The van der Waals surface area contributed by atoms with E-state index < -0.39 is 17.5 Å². The molecule has 1 aliphatic rings. The van der Waals surface area contributed by atoms with Crippen molar-refractivity contribution in [3.63, 3.8) is 0 Å². The minimum absolute atomic E-state index is 0.00844. The van der Waals surface area contributed by atoms with Gasteiger partial charge >= 0.3 is 5.97 Å². The van der Waals surface area contributed by atoms with Gasteiger partial charge in [0, 0.05) is 19.7 Å². The molecule has 2 unspecified atom stereocenters. The van der Waals surface area contributed by atoms with E-state index in [4.69, 9.17) is 4.74 Å². The maximum absolute atomic E-state index is 12.3. The zero-order valence-electron chi connectivity index (χ0n) is 13.0. The van der Waals surface area contributed by atoms with E-state index in [1.165, 1.54) is 0 Å². The van der Waals surface area contributed by atoms with E-state index in [9.17, 15) is 14.7 Å². The van der Waals surface area contributed by atoms with Crippen LogP contribution in [-0.2, 0) is 14.3 Å². The number of carbonyl (C=O) groups excluding carboxylic acids is 1. The van der Waals surface area contributed by atoms with Crippen LogP contribution < -0.4 is 0 Å². The summed E-state index contributed by atoms with van der Waals surface area (Å²) in [5, 5.41) is 9.48. The highest BCUT2D eigenvalue weighted by Gasteiger charge is 2.48. The molecule has 5 heteroatoms. The molecule has 1 N–H and O–H groups in total. The van der Waals surface area contributed by atoms with E-state index >= 15 is 0 Å². The summed E-state index contributed by atoms with van der Waals surface area (Å²) >= 11 is 0. The number of nitrogens with zero attached hydrogens (tertiary/aromatic N) is 1. The molecule has 2 atom stereocenters. The minimum Gasteiger partial charge on any atom is -0.481 e. The molecule has 0 spiro atoms. The van der Waals surface area contributed by atoms with Crippen molar-refractivity contribution in [2.45, 2.75) is 53.1 Å². The molecule has 1 aliphatic heterocycles. The molecule has 5 nitrogen and oxygen atoms in total. The van der Waals surface area contributed by atoms with Gasteiger partial charge in [-0.25, -0.2) is 0 Å². The topological polar surface area (TPSA) is 66.8 Å². The Morgan fingerprint density at radius 2 is 2.00 bits per heavy atom. The van der Waals surface area contributed by atoms with Crippen LogP contribution >= 0.6 is 0 Å². The summed E-state index contributed by atoms with van der Waals surface area (Å²) in [7, 11) is 0. The quantitative estimate of drug-likeness (QED) is 0.728. The summed E-state index contributed by atoms with van der Waals surface area (Å²) in [4.78, 5) is 25.5. The molecule has 1 rings (SSSR count). The number of ether oxygens (including phenoxy) is 1. The number of aliphatic carboxylic acids is 1.